The molecular weight excluding hydrogens is 280 g/mol. The number of sulfonamides is 1. The molecule has 0 bridgehead atoms. The van der Waals surface area contributed by atoms with Crippen molar-refractivity contribution in [2.45, 2.75) is 37.6 Å². The predicted molar refractivity (Wildman–Crippen MR) is 74.3 cm³/mol. The SMILES string of the molecule is CC(C)=CCNS(=O)(=O)c1cc(C(=O)O)n(C2CC2)c1. The summed E-state index contributed by atoms with van der Waals surface area (Å²) in [5.41, 5.74) is 1.03. The number of nitrogens with zero attached hydrogens (tertiary/aromatic N) is 1. The van der Waals surface area contributed by atoms with E-state index in [2.05, 4.69) is 4.72 Å². The Labute approximate surface area is 118 Å². The first-order valence-electron chi connectivity index (χ1n) is 6.39. The lowest BCUT2D eigenvalue weighted by molar-refractivity contribution is 0.0685. The first-order chi connectivity index (χ1) is 9.31. The van der Waals surface area contributed by atoms with Crippen molar-refractivity contribution in [3.63, 3.8) is 0 Å². The second kappa shape index (κ2) is 5.41. The first-order valence-corrected chi connectivity index (χ1v) is 7.88. The molecule has 6 nitrogen and oxygen atoms in total. The first kappa shape index (κ1) is 14.8. The molecule has 1 aromatic heterocycles. The van der Waals surface area contributed by atoms with Crippen LogP contribution in [0.1, 0.15) is 43.2 Å². The van der Waals surface area contributed by atoms with E-state index in [-0.39, 0.29) is 23.2 Å². The third-order valence-corrected chi connectivity index (χ3v) is 4.47. The van der Waals surface area contributed by atoms with Crippen molar-refractivity contribution in [3.8, 4) is 0 Å². The lowest BCUT2D eigenvalue weighted by atomic mass is 10.3. The molecule has 0 unspecified atom stereocenters. The number of carboxylic acids is 1. The van der Waals surface area contributed by atoms with Crippen LogP contribution in [0.25, 0.3) is 0 Å². The van der Waals surface area contributed by atoms with E-state index in [1.54, 1.807) is 6.08 Å². The Morgan fingerprint density at radius 1 is 1.50 bits per heavy atom. The minimum absolute atomic E-state index is 0.00366. The van der Waals surface area contributed by atoms with Crippen molar-refractivity contribution in [1.82, 2.24) is 9.29 Å². The molecule has 0 atom stereocenters. The van der Waals surface area contributed by atoms with Crippen molar-refractivity contribution >= 4 is 16.0 Å². The molecule has 1 saturated carbocycles. The summed E-state index contributed by atoms with van der Waals surface area (Å²) in [4.78, 5) is 11.2. The second-order valence-corrected chi connectivity index (χ2v) is 6.90. The molecule has 1 aromatic rings. The van der Waals surface area contributed by atoms with Crippen LogP contribution < -0.4 is 4.72 Å². The molecule has 0 aliphatic heterocycles. The highest BCUT2D eigenvalue weighted by atomic mass is 32.2. The van der Waals surface area contributed by atoms with Crippen LogP contribution in [-0.4, -0.2) is 30.6 Å². The number of hydrogen-bond donors (Lipinski definition) is 2. The summed E-state index contributed by atoms with van der Waals surface area (Å²) in [6.07, 6.45) is 4.94. The monoisotopic (exact) mass is 298 g/mol. The second-order valence-electron chi connectivity index (χ2n) is 5.14. The molecule has 7 heteroatoms. The molecule has 2 N–H and O–H groups in total. The molecule has 0 spiro atoms. The summed E-state index contributed by atoms with van der Waals surface area (Å²) in [6, 6.07) is 1.33. The van der Waals surface area contributed by atoms with Gasteiger partial charge in [-0.25, -0.2) is 17.9 Å². The molecule has 0 amide bonds. The van der Waals surface area contributed by atoms with Gasteiger partial charge in [-0.1, -0.05) is 11.6 Å². The van der Waals surface area contributed by atoms with Gasteiger partial charge in [0.15, 0.2) is 0 Å². The number of rotatable bonds is 6. The highest BCUT2D eigenvalue weighted by Crippen LogP contribution is 2.37. The zero-order valence-corrected chi connectivity index (χ0v) is 12.3. The average Bonchev–Trinajstić information content (AvgIpc) is 3.06. The zero-order valence-electron chi connectivity index (χ0n) is 11.5. The largest absolute Gasteiger partial charge is 0.477 e. The number of allylic oxidation sites excluding steroid dienone is 1. The minimum Gasteiger partial charge on any atom is -0.477 e. The van der Waals surface area contributed by atoms with E-state index in [9.17, 15) is 13.2 Å². The number of carbonyl (C=O) groups is 1. The summed E-state index contributed by atoms with van der Waals surface area (Å²) in [7, 11) is -3.68. The summed E-state index contributed by atoms with van der Waals surface area (Å²) in [5, 5.41) is 9.12. The van der Waals surface area contributed by atoms with Crippen molar-refractivity contribution in [1.29, 1.82) is 0 Å². The fraction of sp³-hybridized carbons (Fsp3) is 0.462. The van der Waals surface area contributed by atoms with Crippen LogP contribution in [0.2, 0.25) is 0 Å². The molecule has 0 saturated heterocycles. The number of hydrogen-bond acceptors (Lipinski definition) is 3. The number of nitrogens with one attached hydrogen (secondary N) is 1. The predicted octanol–water partition coefficient (Wildman–Crippen LogP) is 1.77. The molecule has 0 aromatic carbocycles. The molecular formula is C13H18N2O4S. The molecule has 20 heavy (non-hydrogen) atoms. The topological polar surface area (TPSA) is 88.4 Å². The highest BCUT2D eigenvalue weighted by molar-refractivity contribution is 7.89. The molecule has 2 rings (SSSR count). The fourth-order valence-corrected chi connectivity index (χ4v) is 2.85. The highest BCUT2D eigenvalue weighted by Gasteiger charge is 2.30. The van der Waals surface area contributed by atoms with Crippen molar-refractivity contribution in [3.05, 3.63) is 29.6 Å². The van der Waals surface area contributed by atoms with Crippen molar-refractivity contribution in [2.75, 3.05) is 6.54 Å². The third kappa shape index (κ3) is 3.29. The van der Waals surface area contributed by atoms with Gasteiger partial charge in [0.2, 0.25) is 10.0 Å². The Morgan fingerprint density at radius 3 is 2.65 bits per heavy atom. The van der Waals surface area contributed by atoms with E-state index in [0.29, 0.717) is 0 Å². The summed E-state index contributed by atoms with van der Waals surface area (Å²) >= 11 is 0. The molecule has 1 fully saturated rings. The van der Waals surface area contributed by atoms with Crippen LogP contribution in [0.5, 0.6) is 0 Å². The molecule has 1 aliphatic rings. The standard InChI is InChI=1S/C13H18N2O4S/c1-9(2)5-6-14-20(18,19)11-7-12(13(16)17)15(8-11)10-3-4-10/h5,7-8,10,14H,3-4,6H2,1-2H3,(H,16,17). The van der Waals surface area contributed by atoms with E-state index < -0.39 is 16.0 Å². The zero-order chi connectivity index (χ0) is 14.9. The van der Waals surface area contributed by atoms with E-state index >= 15 is 0 Å². The Kier molecular flexibility index (Phi) is 4.01. The van der Waals surface area contributed by atoms with Crippen LogP contribution in [-0.2, 0) is 10.0 Å². The van der Waals surface area contributed by atoms with E-state index in [1.807, 2.05) is 13.8 Å². The fourth-order valence-electron chi connectivity index (χ4n) is 1.87. The van der Waals surface area contributed by atoms with Gasteiger partial charge in [-0.3, -0.25) is 0 Å². The Bertz CT molecular complexity index is 650. The molecule has 0 radical (unpaired) electrons. The lowest BCUT2D eigenvalue weighted by Gasteiger charge is -2.03. The van der Waals surface area contributed by atoms with Gasteiger partial charge in [-0.2, -0.15) is 0 Å². The summed E-state index contributed by atoms with van der Waals surface area (Å²) < 4.78 is 28.2. The van der Waals surface area contributed by atoms with Gasteiger partial charge < -0.3 is 9.67 Å². The van der Waals surface area contributed by atoms with E-state index in [0.717, 1.165) is 18.4 Å². The van der Waals surface area contributed by atoms with Gasteiger partial charge in [-0.15, -0.1) is 0 Å². The maximum absolute atomic E-state index is 12.1. The minimum atomic E-state index is -3.68. The Hall–Kier alpha value is -1.60. The maximum Gasteiger partial charge on any atom is 0.352 e. The van der Waals surface area contributed by atoms with Crippen molar-refractivity contribution in [2.24, 2.45) is 0 Å². The van der Waals surface area contributed by atoms with Crippen LogP contribution in [0.15, 0.2) is 28.8 Å². The summed E-state index contributed by atoms with van der Waals surface area (Å²) in [6.45, 7) is 3.95. The van der Waals surface area contributed by atoms with Gasteiger partial charge in [-0.05, 0) is 32.8 Å². The van der Waals surface area contributed by atoms with E-state index in [1.165, 1.54) is 16.8 Å². The van der Waals surface area contributed by atoms with Crippen LogP contribution in [0, 0.1) is 0 Å². The van der Waals surface area contributed by atoms with Gasteiger partial charge in [0, 0.05) is 18.8 Å². The number of aromatic carboxylic acids is 1. The smallest absolute Gasteiger partial charge is 0.352 e. The van der Waals surface area contributed by atoms with Gasteiger partial charge >= 0.3 is 5.97 Å². The van der Waals surface area contributed by atoms with Gasteiger partial charge in [0.1, 0.15) is 10.6 Å². The Morgan fingerprint density at radius 2 is 2.15 bits per heavy atom. The average molecular weight is 298 g/mol. The maximum atomic E-state index is 12.1. The number of aromatic nitrogens is 1. The van der Waals surface area contributed by atoms with E-state index in [4.69, 9.17) is 5.11 Å². The molecule has 1 aliphatic carbocycles. The van der Waals surface area contributed by atoms with Gasteiger partial charge in [0.05, 0.1) is 0 Å². The third-order valence-electron chi connectivity index (χ3n) is 3.08. The number of carboxylic acid groups (broad SMARTS) is 1. The normalized spacial score (nSPS) is 15.1. The molecule has 110 valence electrons. The quantitative estimate of drug-likeness (QED) is 0.783. The summed E-state index contributed by atoms with van der Waals surface area (Å²) in [5.74, 6) is -1.11. The Balaban J connectivity index is 2.25. The van der Waals surface area contributed by atoms with Crippen LogP contribution in [0.3, 0.4) is 0 Å². The molecule has 1 heterocycles. The van der Waals surface area contributed by atoms with Gasteiger partial charge in [0.25, 0.3) is 0 Å². The van der Waals surface area contributed by atoms with Crippen molar-refractivity contribution < 1.29 is 18.3 Å². The lowest BCUT2D eigenvalue weighted by Crippen LogP contribution is -2.23. The van der Waals surface area contributed by atoms with Crippen LogP contribution in [0.4, 0.5) is 0 Å². The van der Waals surface area contributed by atoms with Crippen LogP contribution >= 0.6 is 0 Å².